The number of nitrogens with zero attached hydrogens (tertiary/aromatic N) is 1. The maximum absolute atomic E-state index is 13.3. The first-order valence-electron chi connectivity index (χ1n) is 5.99. The molecule has 1 N–H and O–H groups in total. The van der Waals surface area contributed by atoms with Gasteiger partial charge in [-0.05, 0) is 30.2 Å². The molecule has 0 radical (unpaired) electrons. The first-order chi connectivity index (χ1) is 8.22. The van der Waals surface area contributed by atoms with Gasteiger partial charge in [-0.25, -0.2) is 4.39 Å². The molecule has 0 spiro atoms. The number of nitrogens with one attached hydrogen (secondary N) is 1. The highest BCUT2D eigenvalue weighted by atomic mass is 35.5. The Bertz CT molecular complexity index is 378. The van der Waals surface area contributed by atoms with E-state index in [-0.39, 0.29) is 12.7 Å². The van der Waals surface area contributed by atoms with Crippen LogP contribution in [0.1, 0.15) is 17.2 Å². The van der Waals surface area contributed by atoms with Crippen molar-refractivity contribution < 1.29 is 4.39 Å². The third-order valence-electron chi connectivity index (χ3n) is 3.33. The van der Waals surface area contributed by atoms with Gasteiger partial charge in [0.1, 0.15) is 6.67 Å². The highest BCUT2D eigenvalue weighted by Crippen LogP contribution is 2.26. The molecule has 0 bridgehead atoms. The van der Waals surface area contributed by atoms with Crippen molar-refractivity contribution in [1.82, 2.24) is 10.2 Å². The zero-order valence-electron chi connectivity index (χ0n) is 10.0. The van der Waals surface area contributed by atoms with Gasteiger partial charge in [0.25, 0.3) is 0 Å². The fourth-order valence-corrected chi connectivity index (χ4v) is 2.61. The lowest BCUT2D eigenvalue weighted by Crippen LogP contribution is -2.45. The van der Waals surface area contributed by atoms with Crippen molar-refractivity contribution in [3.63, 3.8) is 0 Å². The number of rotatable bonds is 3. The third kappa shape index (κ3) is 2.97. The molecular weight excluding hydrogens is 239 g/mol. The van der Waals surface area contributed by atoms with Gasteiger partial charge in [0.05, 0.1) is 6.04 Å². The maximum Gasteiger partial charge on any atom is 0.109 e. The van der Waals surface area contributed by atoms with E-state index in [0.717, 1.165) is 37.3 Å². The van der Waals surface area contributed by atoms with Crippen molar-refractivity contribution in [2.45, 2.75) is 13.0 Å². The Morgan fingerprint density at radius 1 is 1.41 bits per heavy atom. The number of hydrogen-bond acceptors (Lipinski definition) is 2. The van der Waals surface area contributed by atoms with Gasteiger partial charge < -0.3 is 5.32 Å². The van der Waals surface area contributed by atoms with E-state index in [9.17, 15) is 4.39 Å². The van der Waals surface area contributed by atoms with Crippen LogP contribution in [0.4, 0.5) is 4.39 Å². The number of halogens is 2. The molecular formula is C13H18ClFN2. The lowest BCUT2D eigenvalue weighted by Gasteiger charge is -2.34. The molecule has 1 aliphatic heterocycles. The van der Waals surface area contributed by atoms with Crippen LogP contribution in [0.2, 0.25) is 5.02 Å². The summed E-state index contributed by atoms with van der Waals surface area (Å²) in [5.74, 6) is 0. The van der Waals surface area contributed by atoms with Crippen LogP contribution in [-0.4, -0.2) is 37.8 Å². The molecule has 0 saturated carbocycles. The Hall–Kier alpha value is -0.640. The van der Waals surface area contributed by atoms with Crippen molar-refractivity contribution in [3.8, 4) is 0 Å². The van der Waals surface area contributed by atoms with Crippen LogP contribution in [0.25, 0.3) is 0 Å². The summed E-state index contributed by atoms with van der Waals surface area (Å²) in [6.45, 7) is 5.31. The number of hydrogen-bond donors (Lipinski definition) is 1. The second-order valence-corrected chi connectivity index (χ2v) is 4.89. The van der Waals surface area contributed by atoms with Crippen LogP contribution in [-0.2, 0) is 0 Å². The monoisotopic (exact) mass is 256 g/mol. The van der Waals surface area contributed by atoms with E-state index in [2.05, 4.69) is 10.2 Å². The third-order valence-corrected chi connectivity index (χ3v) is 3.56. The van der Waals surface area contributed by atoms with E-state index in [4.69, 9.17) is 11.6 Å². The fraction of sp³-hybridized carbons (Fsp3) is 0.538. The van der Waals surface area contributed by atoms with E-state index in [0.29, 0.717) is 5.02 Å². The zero-order valence-corrected chi connectivity index (χ0v) is 10.8. The van der Waals surface area contributed by atoms with Crippen LogP contribution in [0.3, 0.4) is 0 Å². The fourth-order valence-electron chi connectivity index (χ4n) is 2.38. The van der Waals surface area contributed by atoms with E-state index in [1.807, 2.05) is 25.1 Å². The van der Waals surface area contributed by atoms with E-state index in [1.165, 1.54) is 0 Å². The summed E-state index contributed by atoms with van der Waals surface area (Å²) in [4.78, 5) is 2.20. The van der Waals surface area contributed by atoms with E-state index in [1.54, 1.807) is 0 Å². The molecule has 1 atom stereocenters. The standard InChI is InChI=1S/C13H18ClFN2/c1-10-8-11(14)2-3-12(10)13(9-15)17-6-4-16-5-7-17/h2-3,8,13,16H,4-7,9H2,1H3/t13-/m0/s1. The molecule has 1 aromatic carbocycles. The first-order valence-corrected chi connectivity index (χ1v) is 6.37. The van der Waals surface area contributed by atoms with Crippen molar-refractivity contribution in [3.05, 3.63) is 34.3 Å². The summed E-state index contributed by atoms with van der Waals surface area (Å²) in [7, 11) is 0. The molecule has 2 nitrogen and oxygen atoms in total. The average Bonchev–Trinajstić information content (AvgIpc) is 2.34. The van der Waals surface area contributed by atoms with Gasteiger partial charge in [-0.2, -0.15) is 0 Å². The molecule has 1 heterocycles. The summed E-state index contributed by atoms with van der Waals surface area (Å²) in [5, 5.41) is 4.00. The van der Waals surface area contributed by atoms with Crippen LogP contribution in [0.5, 0.6) is 0 Å². The number of alkyl halides is 1. The zero-order chi connectivity index (χ0) is 12.3. The minimum atomic E-state index is -0.345. The summed E-state index contributed by atoms with van der Waals surface area (Å²) >= 11 is 5.93. The molecule has 17 heavy (non-hydrogen) atoms. The lowest BCUT2D eigenvalue weighted by molar-refractivity contribution is 0.147. The summed E-state index contributed by atoms with van der Waals surface area (Å²) in [6, 6.07) is 5.56. The van der Waals surface area contributed by atoms with Crippen LogP contribution in [0, 0.1) is 6.92 Å². The van der Waals surface area contributed by atoms with Gasteiger partial charge in [0.2, 0.25) is 0 Å². The SMILES string of the molecule is Cc1cc(Cl)ccc1[C@H](CF)N1CCNCC1. The summed E-state index contributed by atoms with van der Waals surface area (Å²) in [5.41, 5.74) is 2.12. The van der Waals surface area contributed by atoms with Crippen LogP contribution >= 0.6 is 11.6 Å². The van der Waals surface area contributed by atoms with Crippen LogP contribution in [0.15, 0.2) is 18.2 Å². The first kappa shape index (κ1) is 12.8. The van der Waals surface area contributed by atoms with Crippen molar-refractivity contribution >= 4 is 11.6 Å². The van der Waals surface area contributed by atoms with Crippen molar-refractivity contribution in [1.29, 1.82) is 0 Å². The summed E-state index contributed by atoms with van der Waals surface area (Å²) < 4.78 is 13.3. The molecule has 0 aromatic heterocycles. The molecule has 4 heteroatoms. The predicted molar refractivity (Wildman–Crippen MR) is 69.3 cm³/mol. The van der Waals surface area contributed by atoms with E-state index >= 15 is 0 Å². The minimum absolute atomic E-state index is 0.130. The molecule has 1 aliphatic rings. The normalized spacial score (nSPS) is 19.2. The Morgan fingerprint density at radius 3 is 2.71 bits per heavy atom. The summed E-state index contributed by atoms with van der Waals surface area (Å²) in [6.07, 6.45) is 0. The largest absolute Gasteiger partial charge is 0.314 e. The highest BCUT2D eigenvalue weighted by molar-refractivity contribution is 6.30. The van der Waals surface area contributed by atoms with Crippen LogP contribution < -0.4 is 5.32 Å². The molecule has 0 amide bonds. The second-order valence-electron chi connectivity index (χ2n) is 4.46. The van der Waals surface area contributed by atoms with Gasteiger partial charge >= 0.3 is 0 Å². The predicted octanol–water partition coefficient (Wildman–Crippen LogP) is 2.56. The molecule has 0 unspecified atom stereocenters. The number of benzene rings is 1. The van der Waals surface area contributed by atoms with Gasteiger partial charge in [0, 0.05) is 31.2 Å². The van der Waals surface area contributed by atoms with Crippen molar-refractivity contribution in [2.75, 3.05) is 32.9 Å². The maximum atomic E-state index is 13.3. The Kier molecular flexibility index (Phi) is 4.37. The Labute approximate surface area is 107 Å². The van der Waals surface area contributed by atoms with Gasteiger partial charge in [-0.3, -0.25) is 4.90 Å². The topological polar surface area (TPSA) is 15.3 Å². The Balaban J connectivity index is 2.21. The van der Waals surface area contributed by atoms with Crippen molar-refractivity contribution in [2.24, 2.45) is 0 Å². The second kappa shape index (κ2) is 5.80. The van der Waals surface area contributed by atoms with Gasteiger partial charge in [-0.1, -0.05) is 17.7 Å². The lowest BCUT2D eigenvalue weighted by atomic mass is 10.0. The smallest absolute Gasteiger partial charge is 0.109 e. The molecule has 1 fully saturated rings. The van der Waals surface area contributed by atoms with E-state index < -0.39 is 0 Å². The number of aryl methyl sites for hydroxylation is 1. The minimum Gasteiger partial charge on any atom is -0.314 e. The molecule has 1 saturated heterocycles. The molecule has 0 aliphatic carbocycles. The number of piperazine rings is 1. The highest BCUT2D eigenvalue weighted by Gasteiger charge is 2.23. The Morgan fingerprint density at radius 2 is 2.12 bits per heavy atom. The van der Waals surface area contributed by atoms with Gasteiger partial charge in [0.15, 0.2) is 0 Å². The molecule has 94 valence electrons. The average molecular weight is 257 g/mol. The molecule has 2 rings (SSSR count). The molecule has 1 aromatic rings. The quantitative estimate of drug-likeness (QED) is 0.894. The van der Waals surface area contributed by atoms with Gasteiger partial charge in [-0.15, -0.1) is 0 Å².